The standard InChI is InChI=1S/C18H22N2O5/c1-19-15(21)10-14(17(24)25)18(19)6-8-20(9-7-18)11-12-4-2-3-5-13(12)16(22)23/h2-5,14H,6-11H2,1H3,(H,22,23)(H,24,25)/t14-/m0/s1. The summed E-state index contributed by atoms with van der Waals surface area (Å²) >= 11 is 0. The third-order valence-corrected chi connectivity index (χ3v) is 5.73. The molecule has 0 unspecified atom stereocenters. The van der Waals surface area contributed by atoms with Crippen molar-refractivity contribution in [3.05, 3.63) is 35.4 Å². The smallest absolute Gasteiger partial charge is 0.336 e. The Kier molecular flexibility index (Phi) is 4.51. The number of piperidine rings is 1. The highest BCUT2D eigenvalue weighted by atomic mass is 16.4. The van der Waals surface area contributed by atoms with Crippen LogP contribution in [-0.4, -0.2) is 63.5 Å². The van der Waals surface area contributed by atoms with E-state index in [-0.39, 0.29) is 12.3 Å². The lowest BCUT2D eigenvalue weighted by Gasteiger charge is -2.45. The average Bonchev–Trinajstić information content (AvgIpc) is 2.83. The number of aromatic carboxylic acids is 1. The highest BCUT2D eigenvalue weighted by Crippen LogP contribution is 2.43. The predicted molar refractivity (Wildman–Crippen MR) is 89.2 cm³/mol. The van der Waals surface area contributed by atoms with Crippen LogP contribution in [0.3, 0.4) is 0 Å². The van der Waals surface area contributed by atoms with Crippen molar-refractivity contribution < 1.29 is 24.6 Å². The van der Waals surface area contributed by atoms with Crippen LogP contribution in [-0.2, 0) is 16.1 Å². The molecule has 2 fully saturated rings. The third kappa shape index (κ3) is 3.00. The molecule has 7 heteroatoms. The number of rotatable bonds is 4. The van der Waals surface area contributed by atoms with E-state index in [9.17, 15) is 24.6 Å². The molecule has 1 aromatic carbocycles. The largest absolute Gasteiger partial charge is 0.481 e. The van der Waals surface area contributed by atoms with Crippen molar-refractivity contribution in [1.82, 2.24) is 9.80 Å². The Balaban J connectivity index is 1.73. The van der Waals surface area contributed by atoms with Gasteiger partial charge in [0.05, 0.1) is 17.0 Å². The zero-order valence-electron chi connectivity index (χ0n) is 14.1. The minimum atomic E-state index is -0.948. The fourth-order valence-corrected chi connectivity index (χ4v) is 4.19. The molecule has 0 radical (unpaired) electrons. The van der Waals surface area contributed by atoms with Crippen LogP contribution in [0, 0.1) is 5.92 Å². The maximum atomic E-state index is 12.0. The normalized spacial score (nSPS) is 23.2. The van der Waals surface area contributed by atoms with Crippen molar-refractivity contribution in [2.24, 2.45) is 5.92 Å². The molecule has 1 aromatic rings. The minimum Gasteiger partial charge on any atom is -0.481 e. The van der Waals surface area contributed by atoms with E-state index in [2.05, 4.69) is 4.90 Å². The summed E-state index contributed by atoms with van der Waals surface area (Å²) in [6, 6.07) is 6.91. The van der Waals surface area contributed by atoms with Crippen LogP contribution in [0.4, 0.5) is 0 Å². The first-order chi connectivity index (χ1) is 11.8. The summed E-state index contributed by atoms with van der Waals surface area (Å²) in [5.41, 5.74) is 0.419. The van der Waals surface area contributed by atoms with E-state index in [1.807, 2.05) is 6.07 Å². The van der Waals surface area contributed by atoms with Crippen LogP contribution in [0.1, 0.15) is 35.2 Å². The molecule has 3 rings (SSSR count). The Hall–Kier alpha value is -2.41. The number of carbonyl (C=O) groups excluding carboxylic acids is 1. The molecule has 1 atom stereocenters. The molecule has 134 valence electrons. The van der Waals surface area contributed by atoms with E-state index in [4.69, 9.17) is 0 Å². The number of nitrogens with zero attached hydrogens (tertiary/aromatic N) is 2. The molecule has 2 aliphatic rings. The van der Waals surface area contributed by atoms with E-state index in [0.717, 1.165) is 5.56 Å². The monoisotopic (exact) mass is 346 g/mol. The lowest BCUT2D eigenvalue weighted by atomic mass is 9.77. The van der Waals surface area contributed by atoms with Gasteiger partial charge in [-0.1, -0.05) is 18.2 Å². The van der Waals surface area contributed by atoms with Crippen molar-refractivity contribution in [3.8, 4) is 0 Å². The molecule has 2 N–H and O–H groups in total. The topological polar surface area (TPSA) is 98.2 Å². The van der Waals surface area contributed by atoms with Gasteiger partial charge in [-0.05, 0) is 24.5 Å². The van der Waals surface area contributed by atoms with E-state index in [1.54, 1.807) is 30.1 Å². The first-order valence-corrected chi connectivity index (χ1v) is 8.38. The Morgan fingerprint density at radius 2 is 1.84 bits per heavy atom. The zero-order chi connectivity index (χ0) is 18.2. The van der Waals surface area contributed by atoms with E-state index in [1.165, 1.54) is 0 Å². The van der Waals surface area contributed by atoms with E-state index < -0.39 is 23.4 Å². The highest BCUT2D eigenvalue weighted by Gasteiger charge is 2.55. The molecule has 7 nitrogen and oxygen atoms in total. The molecule has 2 saturated heterocycles. The first-order valence-electron chi connectivity index (χ1n) is 8.38. The molecule has 0 saturated carbocycles. The van der Waals surface area contributed by atoms with Crippen LogP contribution in [0.15, 0.2) is 24.3 Å². The van der Waals surface area contributed by atoms with Crippen molar-refractivity contribution in [1.29, 1.82) is 0 Å². The summed E-state index contributed by atoms with van der Waals surface area (Å²) in [6.45, 7) is 1.78. The summed E-state index contributed by atoms with van der Waals surface area (Å²) in [6.07, 6.45) is 1.23. The van der Waals surface area contributed by atoms with Gasteiger partial charge in [0.1, 0.15) is 0 Å². The van der Waals surface area contributed by atoms with Gasteiger partial charge in [0.25, 0.3) is 0 Å². The second-order valence-corrected chi connectivity index (χ2v) is 6.89. The summed E-state index contributed by atoms with van der Waals surface area (Å²) in [5, 5.41) is 18.8. The quantitative estimate of drug-likeness (QED) is 0.852. The van der Waals surface area contributed by atoms with Crippen molar-refractivity contribution in [2.75, 3.05) is 20.1 Å². The molecular weight excluding hydrogens is 324 g/mol. The number of carbonyl (C=O) groups is 3. The number of aliphatic carboxylic acids is 1. The Labute approximate surface area is 145 Å². The van der Waals surface area contributed by atoms with Gasteiger partial charge in [-0.3, -0.25) is 14.5 Å². The maximum absolute atomic E-state index is 12.0. The SMILES string of the molecule is CN1C(=O)C[C@@H](C(=O)O)C12CCN(Cc1ccccc1C(=O)O)CC2. The van der Waals surface area contributed by atoms with Crippen LogP contribution >= 0.6 is 0 Å². The fraction of sp³-hybridized carbons (Fsp3) is 0.500. The number of amides is 1. The van der Waals surface area contributed by atoms with Gasteiger partial charge in [-0.25, -0.2) is 4.79 Å². The lowest BCUT2D eigenvalue weighted by Crippen LogP contribution is -2.55. The number of likely N-dealkylation sites (tertiary alicyclic amines) is 2. The van der Waals surface area contributed by atoms with Crippen LogP contribution in [0.2, 0.25) is 0 Å². The number of benzene rings is 1. The molecular formula is C18H22N2O5. The highest BCUT2D eigenvalue weighted by molar-refractivity contribution is 5.89. The molecule has 2 aliphatic heterocycles. The molecule has 0 aliphatic carbocycles. The number of hydrogen-bond donors (Lipinski definition) is 2. The summed E-state index contributed by atoms with van der Waals surface area (Å²) in [4.78, 5) is 38.7. The molecule has 1 spiro atoms. The summed E-state index contributed by atoms with van der Waals surface area (Å²) in [7, 11) is 1.70. The van der Waals surface area contributed by atoms with Crippen LogP contribution in [0.25, 0.3) is 0 Å². The Bertz CT molecular complexity index is 709. The Morgan fingerprint density at radius 3 is 2.44 bits per heavy atom. The van der Waals surface area contributed by atoms with Crippen molar-refractivity contribution >= 4 is 17.8 Å². The van der Waals surface area contributed by atoms with Gasteiger partial charge in [0.15, 0.2) is 0 Å². The van der Waals surface area contributed by atoms with Gasteiger partial charge in [0.2, 0.25) is 5.91 Å². The lowest BCUT2D eigenvalue weighted by molar-refractivity contribution is -0.146. The molecule has 25 heavy (non-hydrogen) atoms. The van der Waals surface area contributed by atoms with Gasteiger partial charge < -0.3 is 15.1 Å². The van der Waals surface area contributed by atoms with Crippen molar-refractivity contribution in [2.45, 2.75) is 31.3 Å². The molecule has 0 bridgehead atoms. The first kappa shape index (κ1) is 17.4. The summed E-state index contributed by atoms with van der Waals surface area (Å²) in [5.74, 6) is -2.64. The number of carboxylic acid groups (broad SMARTS) is 2. The van der Waals surface area contributed by atoms with Gasteiger partial charge in [0, 0.05) is 33.1 Å². The van der Waals surface area contributed by atoms with Crippen LogP contribution < -0.4 is 0 Å². The number of carboxylic acids is 2. The molecule has 1 amide bonds. The molecule has 0 aromatic heterocycles. The van der Waals surface area contributed by atoms with Gasteiger partial charge in [-0.2, -0.15) is 0 Å². The fourth-order valence-electron chi connectivity index (χ4n) is 4.19. The molecule has 2 heterocycles. The van der Waals surface area contributed by atoms with E-state index in [0.29, 0.717) is 38.0 Å². The zero-order valence-corrected chi connectivity index (χ0v) is 14.1. The van der Waals surface area contributed by atoms with Crippen molar-refractivity contribution in [3.63, 3.8) is 0 Å². The third-order valence-electron chi connectivity index (χ3n) is 5.73. The maximum Gasteiger partial charge on any atom is 0.336 e. The second kappa shape index (κ2) is 6.48. The number of hydrogen-bond acceptors (Lipinski definition) is 4. The van der Waals surface area contributed by atoms with Crippen LogP contribution in [0.5, 0.6) is 0 Å². The van der Waals surface area contributed by atoms with E-state index >= 15 is 0 Å². The average molecular weight is 346 g/mol. The minimum absolute atomic E-state index is 0.0632. The summed E-state index contributed by atoms with van der Waals surface area (Å²) < 4.78 is 0. The Morgan fingerprint density at radius 1 is 1.20 bits per heavy atom. The second-order valence-electron chi connectivity index (χ2n) is 6.89. The van der Waals surface area contributed by atoms with Gasteiger partial charge >= 0.3 is 11.9 Å². The predicted octanol–water partition coefficient (Wildman–Crippen LogP) is 1.28. The van der Waals surface area contributed by atoms with Gasteiger partial charge in [-0.15, -0.1) is 0 Å².